The van der Waals surface area contributed by atoms with Crippen LogP contribution in [-0.2, 0) is 14.4 Å². The summed E-state index contributed by atoms with van der Waals surface area (Å²) in [5.74, 6) is -2.28. The van der Waals surface area contributed by atoms with Crippen LogP contribution in [0.25, 0.3) is 0 Å². The number of hydrogen-bond acceptors (Lipinski definition) is 4. The Labute approximate surface area is 116 Å². The molecule has 1 atom stereocenters. The second-order valence-electron chi connectivity index (χ2n) is 4.15. The lowest BCUT2D eigenvalue weighted by atomic mass is 10.1. The molecule has 0 radical (unpaired) electrons. The zero-order valence-corrected chi connectivity index (χ0v) is 11.5. The van der Waals surface area contributed by atoms with E-state index in [0.717, 1.165) is 4.90 Å². The highest BCUT2D eigenvalue weighted by Gasteiger charge is 2.22. The van der Waals surface area contributed by atoms with Gasteiger partial charge in [0.05, 0.1) is 0 Å². The van der Waals surface area contributed by atoms with Gasteiger partial charge in [0.25, 0.3) is 0 Å². The number of carboxylic acids is 1. The van der Waals surface area contributed by atoms with Crippen molar-refractivity contribution in [3.8, 4) is 0 Å². The van der Waals surface area contributed by atoms with Crippen molar-refractivity contribution in [3.63, 3.8) is 0 Å². The number of amides is 4. The minimum atomic E-state index is -1.27. The molecule has 5 N–H and O–H groups in total. The molecule has 0 aromatic heterocycles. The van der Waals surface area contributed by atoms with Gasteiger partial charge in [-0.15, -0.1) is 0 Å². The number of hydrogen-bond donors (Lipinski definition) is 4. The fourth-order valence-corrected chi connectivity index (χ4v) is 1.34. The van der Waals surface area contributed by atoms with Crippen LogP contribution in [0.3, 0.4) is 0 Å². The Kier molecular flexibility index (Phi) is 7.71. The summed E-state index contributed by atoms with van der Waals surface area (Å²) in [6.07, 6.45) is -0.261. The molecule has 1 unspecified atom stereocenters. The van der Waals surface area contributed by atoms with Crippen molar-refractivity contribution < 1.29 is 24.3 Å². The first-order valence-electron chi connectivity index (χ1n) is 6.07. The van der Waals surface area contributed by atoms with E-state index in [1.165, 1.54) is 7.05 Å². The van der Waals surface area contributed by atoms with Gasteiger partial charge in [0, 0.05) is 20.0 Å². The Hall–Kier alpha value is -2.32. The van der Waals surface area contributed by atoms with Gasteiger partial charge in [0.2, 0.25) is 11.8 Å². The number of nitrogens with zero attached hydrogens (tertiary/aromatic N) is 1. The summed E-state index contributed by atoms with van der Waals surface area (Å²) >= 11 is 0. The van der Waals surface area contributed by atoms with Gasteiger partial charge >= 0.3 is 12.0 Å². The van der Waals surface area contributed by atoms with Gasteiger partial charge < -0.3 is 26.4 Å². The molecule has 0 saturated carbocycles. The van der Waals surface area contributed by atoms with Gasteiger partial charge in [0.1, 0.15) is 12.6 Å². The average Bonchev–Trinajstić information content (AvgIpc) is 2.33. The normalized spacial score (nSPS) is 11.3. The lowest BCUT2D eigenvalue weighted by Gasteiger charge is -2.20. The maximum absolute atomic E-state index is 11.7. The van der Waals surface area contributed by atoms with Crippen molar-refractivity contribution in [2.45, 2.75) is 25.8 Å². The second kappa shape index (κ2) is 8.73. The summed E-state index contributed by atoms with van der Waals surface area (Å²) < 4.78 is 0. The van der Waals surface area contributed by atoms with Crippen LogP contribution in [0.5, 0.6) is 0 Å². The van der Waals surface area contributed by atoms with Gasteiger partial charge in [0.15, 0.2) is 0 Å². The summed E-state index contributed by atoms with van der Waals surface area (Å²) in [6.45, 7) is 1.98. The molecule has 9 heteroatoms. The molecule has 0 fully saturated rings. The zero-order chi connectivity index (χ0) is 15.7. The third kappa shape index (κ3) is 7.19. The van der Waals surface area contributed by atoms with E-state index in [4.69, 9.17) is 10.8 Å². The molecule has 0 heterocycles. The van der Waals surface area contributed by atoms with Crippen LogP contribution in [-0.4, -0.2) is 60.0 Å². The fourth-order valence-electron chi connectivity index (χ4n) is 1.34. The maximum Gasteiger partial charge on any atom is 0.326 e. The average molecular weight is 288 g/mol. The van der Waals surface area contributed by atoms with Crippen molar-refractivity contribution in [3.05, 3.63) is 0 Å². The van der Waals surface area contributed by atoms with E-state index in [1.807, 2.05) is 0 Å². The fraction of sp³-hybridized carbons (Fsp3) is 0.636. The summed E-state index contributed by atoms with van der Waals surface area (Å²) in [4.78, 5) is 45.6. The van der Waals surface area contributed by atoms with Crippen LogP contribution in [0.15, 0.2) is 0 Å². The van der Waals surface area contributed by atoms with Crippen LogP contribution in [0.1, 0.15) is 19.8 Å². The molecule has 114 valence electrons. The van der Waals surface area contributed by atoms with Gasteiger partial charge in [-0.3, -0.25) is 9.59 Å². The third-order valence-corrected chi connectivity index (χ3v) is 2.38. The molecular weight excluding hydrogens is 268 g/mol. The Balaban J connectivity index is 4.40. The minimum absolute atomic E-state index is 0.106. The molecule has 20 heavy (non-hydrogen) atoms. The number of nitrogens with two attached hydrogens (primary N) is 1. The molecule has 9 nitrogen and oxygen atoms in total. The monoisotopic (exact) mass is 288 g/mol. The number of likely N-dealkylation sites (N-methyl/N-ethyl adjacent to an activating group) is 2. The highest BCUT2D eigenvalue weighted by atomic mass is 16.4. The lowest BCUT2D eigenvalue weighted by Crippen LogP contribution is -2.49. The number of primary amides is 1. The summed E-state index contributed by atoms with van der Waals surface area (Å²) in [6, 6.07) is -1.94. The highest BCUT2D eigenvalue weighted by Crippen LogP contribution is 1.99. The number of carboxylic acid groups (broad SMARTS) is 1. The predicted molar refractivity (Wildman–Crippen MR) is 69.7 cm³/mol. The first-order chi connectivity index (χ1) is 9.27. The van der Waals surface area contributed by atoms with Crippen molar-refractivity contribution in [1.82, 2.24) is 15.5 Å². The molecule has 0 rings (SSSR count). The van der Waals surface area contributed by atoms with Crippen molar-refractivity contribution >= 4 is 23.8 Å². The first kappa shape index (κ1) is 17.7. The van der Waals surface area contributed by atoms with Crippen LogP contribution >= 0.6 is 0 Å². The molecule has 0 aliphatic rings. The van der Waals surface area contributed by atoms with Gasteiger partial charge in [-0.05, 0) is 13.3 Å². The van der Waals surface area contributed by atoms with Crippen molar-refractivity contribution in [2.24, 2.45) is 5.73 Å². The number of nitrogens with one attached hydrogen (secondary N) is 2. The van der Waals surface area contributed by atoms with Crippen molar-refractivity contribution in [1.29, 1.82) is 0 Å². The number of rotatable bonds is 8. The topological polar surface area (TPSA) is 142 Å². The molecule has 0 bridgehead atoms. The van der Waals surface area contributed by atoms with E-state index in [9.17, 15) is 19.2 Å². The van der Waals surface area contributed by atoms with Crippen LogP contribution in [0.2, 0.25) is 0 Å². The highest BCUT2D eigenvalue weighted by molar-refractivity contribution is 5.86. The first-order valence-corrected chi connectivity index (χ1v) is 6.07. The third-order valence-electron chi connectivity index (χ3n) is 2.38. The zero-order valence-electron chi connectivity index (χ0n) is 11.5. The molecule has 0 saturated heterocycles. The second-order valence-corrected chi connectivity index (χ2v) is 4.15. The molecule has 0 aromatic rings. The van der Waals surface area contributed by atoms with E-state index in [1.54, 1.807) is 6.92 Å². The van der Waals surface area contributed by atoms with Gasteiger partial charge in [-0.25, -0.2) is 9.59 Å². The van der Waals surface area contributed by atoms with Gasteiger partial charge in [-0.1, -0.05) is 0 Å². The largest absolute Gasteiger partial charge is 0.480 e. The van der Waals surface area contributed by atoms with E-state index >= 15 is 0 Å². The van der Waals surface area contributed by atoms with Gasteiger partial charge in [-0.2, -0.15) is 0 Å². The maximum atomic E-state index is 11.7. The Bertz CT molecular complexity index is 385. The molecule has 0 aliphatic carbocycles. The summed E-state index contributed by atoms with van der Waals surface area (Å²) in [5, 5.41) is 13.6. The summed E-state index contributed by atoms with van der Waals surface area (Å²) in [5.41, 5.74) is 4.92. The molecule has 0 spiro atoms. The van der Waals surface area contributed by atoms with E-state index in [0.29, 0.717) is 6.54 Å². The number of carbonyl (C=O) groups is 4. The van der Waals surface area contributed by atoms with E-state index < -0.39 is 23.9 Å². The number of aliphatic carboxylic acids is 1. The summed E-state index contributed by atoms with van der Waals surface area (Å²) in [7, 11) is 1.36. The van der Waals surface area contributed by atoms with Crippen LogP contribution in [0, 0.1) is 0 Å². The lowest BCUT2D eigenvalue weighted by molar-refractivity contribution is -0.139. The Morgan fingerprint density at radius 2 is 1.90 bits per heavy atom. The van der Waals surface area contributed by atoms with Crippen LogP contribution in [0.4, 0.5) is 4.79 Å². The minimum Gasteiger partial charge on any atom is -0.480 e. The van der Waals surface area contributed by atoms with E-state index in [-0.39, 0.29) is 25.3 Å². The predicted octanol–water partition coefficient (Wildman–Crippen LogP) is -1.52. The van der Waals surface area contributed by atoms with Crippen LogP contribution < -0.4 is 16.4 Å². The van der Waals surface area contributed by atoms with E-state index in [2.05, 4.69) is 10.6 Å². The SMILES string of the molecule is CCNC(=O)CN(C)C(=O)NC(CCC(N)=O)C(=O)O. The molecular formula is C11H20N4O5. The molecule has 4 amide bonds. The Morgan fingerprint density at radius 3 is 2.35 bits per heavy atom. The Morgan fingerprint density at radius 1 is 1.30 bits per heavy atom. The smallest absolute Gasteiger partial charge is 0.326 e. The molecule has 0 aliphatic heterocycles. The standard InChI is InChI=1S/C11H20N4O5/c1-3-13-9(17)6-15(2)11(20)14-7(10(18)19)4-5-8(12)16/h7H,3-6H2,1-2H3,(H2,12,16)(H,13,17)(H,14,20)(H,18,19). The quantitative estimate of drug-likeness (QED) is 0.429. The molecule has 0 aromatic carbocycles. The number of urea groups is 1. The van der Waals surface area contributed by atoms with Crippen molar-refractivity contribution in [2.75, 3.05) is 20.1 Å². The number of carbonyl (C=O) groups excluding carboxylic acids is 3.